The zero-order valence-corrected chi connectivity index (χ0v) is 11.7. The molecule has 0 unspecified atom stereocenters. The van der Waals surface area contributed by atoms with E-state index >= 15 is 0 Å². The van der Waals surface area contributed by atoms with Crippen LogP contribution in [0.5, 0.6) is 0 Å². The molecular weight excluding hydrogens is 292 g/mol. The molecule has 0 aliphatic carbocycles. The van der Waals surface area contributed by atoms with E-state index in [1.165, 1.54) is 12.1 Å². The van der Waals surface area contributed by atoms with Gasteiger partial charge in [-0.3, -0.25) is 20.0 Å². The van der Waals surface area contributed by atoms with Crippen molar-refractivity contribution < 1.29 is 4.79 Å². The molecule has 0 aromatic carbocycles. The van der Waals surface area contributed by atoms with Gasteiger partial charge in [0.15, 0.2) is 5.82 Å². The van der Waals surface area contributed by atoms with Gasteiger partial charge < -0.3 is 0 Å². The van der Waals surface area contributed by atoms with Crippen molar-refractivity contribution in [1.82, 2.24) is 25.4 Å². The summed E-state index contributed by atoms with van der Waals surface area (Å²) in [4.78, 5) is 29.1. The Hall–Kier alpha value is -2.81. The molecule has 8 nitrogen and oxygen atoms in total. The molecule has 3 aromatic rings. The van der Waals surface area contributed by atoms with Crippen LogP contribution in [0.1, 0.15) is 15.4 Å². The average molecular weight is 302 g/mol. The molecule has 3 rings (SSSR count). The molecular formula is C12H10N6O2S. The Kier molecular flexibility index (Phi) is 3.32. The van der Waals surface area contributed by atoms with Crippen molar-refractivity contribution in [2.75, 3.05) is 5.32 Å². The van der Waals surface area contributed by atoms with E-state index in [9.17, 15) is 9.59 Å². The van der Waals surface area contributed by atoms with Crippen molar-refractivity contribution in [3.05, 3.63) is 45.2 Å². The number of aromatic nitrogens is 5. The quantitative estimate of drug-likeness (QED) is 0.671. The minimum absolute atomic E-state index is 0.0768. The van der Waals surface area contributed by atoms with Gasteiger partial charge in [-0.2, -0.15) is 10.1 Å². The van der Waals surface area contributed by atoms with Gasteiger partial charge in [0, 0.05) is 10.9 Å². The predicted octanol–water partition coefficient (Wildman–Crippen LogP) is 1.18. The molecule has 3 N–H and O–H groups in total. The van der Waals surface area contributed by atoms with Gasteiger partial charge in [0.1, 0.15) is 5.69 Å². The lowest BCUT2D eigenvalue weighted by atomic mass is 10.4. The highest BCUT2D eigenvalue weighted by Crippen LogP contribution is 2.24. The Morgan fingerprint density at radius 1 is 1.19 bits per heavy atom. The third kappa shape index (κ3) is 2.87. The van der Waals surface area contributed by atoms with Gasteiger partial charge in [-0.25, -0.2) is 5.10 Å². The number of hydrogen-bond donors (Lipinski definition) is 3. The van der Waals surface area contributed by atoms with Gasteiger partial charge in [-0.05, 0) is 25.1 Å². The van der Waals surface area contributed by atoms with Gasteiger partial charge in [-0.15, -0.1) is 16.4 Å². The van der Waals surface area contributed by atoms with Crippen LogP contribution in [0.3, 0.4) is 0 Å². The summed E-state index contributed by atoms with van der Waals surface area (Å²) in [6.45, 7) is 2.00. The molecule has 106 valence electrons. The number of carbonyl (C=O) groups is 1. The first kappa shape index (κ1) is 13.2. The molecule has 0 radical (unpaired) electrons. The van der Waals surface area contributed by atoms with Gasteiger partial charge in [0.05, 0.1) is 4.88 Å². The first-order valence-electron chi connectivity index (χ1n) is 5.98. The Balaban J connectivity index is 1.76. The van der Waals surface area contributed by atoms with Crippen LogP contribution < -0.4 is 10.9 Å². The van der Waals surface area contributed by atoms with Crippen molar-refractivity contribution in [3.8, 4) is 10.7 Å². The highest BCUT2D eigenvalue weighted by atomic mass is 32.1. The van der Waals surface area contributed by atoms with E-state index in [4.69, 9.17) is 0 Å². The van der Waals surface area contributed by atoms with E-state index in [0.717, 1.165) is 9.75 Å². The second-order valence-corrected chi connectivity index (χ2v) is 5.47. The summed E-state index contributed by atoms with van der Waals surface area (Å²) in [5.41, 5.74) is -0.298. The predicted molar refractivity (Wildman–Crippen MR) is 77.2 cm³/mol. The molecule has 0 aliphatic heterocycles. The summed E-state index contributed by atoms with van der Waals surface area (Å²) in [6.07, 6.45) is 0. The molecule has 1 amide bonds. The molecule has 0 fully saturated rings. The number of H-pyrrole nitrogens is 2. The number of nitrogens with one attached hydrogen (secondary N) is 3. The second-order valence-electron chi connectivity index (χ2n) is 4.18. The third-order valence-electron chi connectivity index (χ3n) is 2.60. The summed E-state index contributed by atoms with van der Waals surface area (Å²) in [5, 5.41) is 15.0. The number of hydrogen-bond acceptors (Lipinski definition) is 6. The van der Waals surface area contributed by atoms with Gasteiger partial charge in [-0.1, -0.05) is 0 Å². The normalized spacial score (nSPS) is 10.5. The molecule has 0 aliphatic rings. The van der Waals surface area contributed by atoms with Crippen LogP contribution in [0.4, 0.5) is 5.95 Å². The number of carbonyl (C=O) groups excluding carboxylic acids is 1. The topological polar surface area (TPSA) is 116 Å². The Labute approximate surface area is 122 Å². The van der Waals surface area contributed by atoms with Crippen LogP contribution in [0.15, 0.2) is 29.1 Å². The molecule has 0 saturated heterocycles. The summed E-state index contributed by atoms with van der Waals surface area (Å²) in [5.74, 6) is 0.228. The Bertz CT molecular complexity index is 829. The zero-order chi connectivity index (χ0) is 14.8. The van der Waals surface area contributed by atoms with Gasteiger partial charge in [0.25, 0.3) is 11.5 Å². The van der Waals surface area contributed by atoms with Crippen LogP contribution in [0.2, 0.25) is 0 Å². The van der Waals surface area contributed by atoms with E-state index in [2.05, 4.69) is 30.7 Å². The largest absolute Gasteiger partial charge is 0.288 e. The maximum absolute atomic E-state index is 11.9. The van der Waals surface area contributed by atoms with E-state index in [1.54, 1.807) is 11.3 Å². The van der Waals surface area contributed by atoms with Crippen molar-refractivity contribution in [3.63, 3.8) is 0 Å². The van der Waals surface area contributed by atoms with Crippen LogP contribution in [0, 0.1) is 6.92 Å². The molecule has 0 bridgehead atoms. The Morgan fingerprint density at radius 2 is 2.05 bits per heavy atom. The van der Waals surface area contributed by atoms with Crippen LogP contribution in [0.25, 0.3) is 10.7 Å². The van der Waals surface area contributed by atoms with Crippen LogP contribution >= 0.6 is 11.3 Å². The number of nitrogens with zero attached hydrogens (tertiary/aromatic N) is 3. The fraction of sp³-hybridized carbons (Fsp3) is 0.0833. The summed E-state index contributed by atoms with van der Waals surface area (Å²) < 4.78 is 0. The molecule has 3 aromatic heterocycles. The van der Waals surface area contributed by atoms with E-state index in [0.29, 0.717) is 5.82 Å². The monoisotopic (exact) mass is 302 g/mol. The Morgan fingerprint density at radius 3 is 2.71 bits per heavy atom. The fourth-order valence-corrected chi connectivity index (χ4v) is 2.43. The summed E-state index contributed by atoms with van der Waals surface area (Å²) in [6, 6.07) is 6.45. The smallest absolute Gasteiger partial charge is 0.278 e. The second kappa shape index (κ2) is 5.29. The molecule has 0 saturated carbocycles. The van der Waals surface area contributed by atoms with E-state index in [-0.39, 0.29) is 17.2 Å². The average Bonchev–Trinajstić information content (AvgIpc) is 3.08. The van der Waals surface area contributed by atoms with Crippen LogP contribution in [-0.4, -0.2) is 31.3 Å². The molecule has 9 heteroatoms. The fourth-order valence-electron chi connectivity index (χ4n) is 1.63. The number of rotatable bonds is 3. The molecule has 0 spiro atoms. The first-order valence-corrected chi connectivity index (χ1v) is 6.80. The maximum atomic E-state index is 11.9. The molecule has 0 atom stereocenters. The molecule has 3 heterocycles. The van der Waals surface area contributed by atoms with E-state index in [1.807, 2.05) is 19.1 Å². The van der Waals surface area contributed by atoms with E-state index < -0.39 is 5.91 Å². The number of aryl methyl sites for hydroxylation is 1. The number of anilines is 1. The summed E-state index contributed by atoms with van der Waals surface area (Å²) >= 11 is 1.57. The number of amides is 1. The lowest BCUT2D eigenvalue weighted by Gasteiger charge is -1.98. The standard InChI is InChI=1S/C12H10N6O2S/c1-6-2-4-8(21-6)10-13-12(18-17-10)14-11(20)7-3-5-9(19)16-15-7/h2-5H,1H3,(H,16,19)(H2,13,14,17,18,20). The molecule has 21 heavy (non-hydrogen) atoms. The highest BCUT2D eigenvalue weighted by molar-refractivity contribution is 7.15. The first-order chi connectivity index (χ1) is 10.1. The summed E-state index contributed by atoms with van der Waals surface area (Å²) in [7, 11) is 0. The minimum atomic E-state index is -0.501. The van der Waals surface area contributed by atoms with Crippen molar-refractivity contribution in [2.24, 2.45) is 0 Å². The van der Waals surface area contributed by atoms with Gasteiger partial charge >= 0.3 is 0 Å². The lowest BCUT2D eigenvalue weighted by molar-refractivity contribution is 0.102. The minimum Gasteiger partial charge on any atom is -0.288 e. The van der Waals surface area contributed by atoms with Crippen molar-refractivity contribution >= 4 is 23.2 Å². The maximum Gasteiger partial charge on any atom is 0.278 e. The third-order valence-corrected chi connectivity index (χ3v) is 3.60. The number of thiophene rings is 1. The van der Waals surface area contributed by atoms with Gasteiger partial charge in [0.2, 0.25) is 5.95 Å². The van der Waals surface area contributed by atoms with Crippen molar-refractivity contribution in [1.29, 1.82) is 0 Å². The van der Waals surface area contributed by atoms with Crippen molar-refractivity contribution in [2.45, 2.75) is 6.92 Å². The SMILES string of the molecule is Cc1ccc(-c2nc(NC(=O)c3ccc(=O)[nH]n3)n[nH]2)s1. The zero-order valence-electron chi connectivity index (χ0n) is 10.9. The number of aromatic amines is 2. The highest BCUT2D eigenvalue weighted by Gasteiger charge is 2.12. The lowest BCUT2D eigenvalue weighted by Crippen LogP contribution is -2.18. The van der Waals surface area contributed by atoms with Crippen LogP contribution in [-0.2, 0) is 0 Å².